The van der Waals surface area contributed by atoms with E-state index in [2.05, 4.69) is 52.1 Å². The molecule has 0 saturated heterocycles. The van der Waals surface area contributed by atoms with Gasteiger partial charge < -0.3 is 5.32 Å². The van der Waals surface area contributed by atoms with Crippen LogP contribution in [-0.4, -0.2) is 20.9 Å². The summed E-state index contributed by atoms with van der Waals surface area (Å²) < 4.78 is 0.942. The Labute approximate surface area is 135 Å². The third-order valence-corrected chi connectivity index (χ3v) is 3.43. The molecule has 0 bridgehead atoms. The van der Waals surface area contributed by atoms with Gasteiger partial charge in [0.1, 0.15) is 19.5 Å². The van der Waals surface area contributed by atoms with Crippen LogP contribution in [0.4, 0.5) is 5.82 Å². The van der Waals surface area contributed by atoms with E-state index in [0.717, 1.165) is 0 Å². The van der Waals surface area contributed by atoms with Gasteiger partial charge in [0, 0.05) is 0 Å². The second-order valence-electron chi connectivity index (χ2n) is 3.26. The average molecular weight is 427 g/mol. The van der Waals surface area contributed by atoms with Gasteiger partial charge in [-0.05, 0) is 44.0 Å². The van der Waals surface area contributed by atoms with Crippen molar-refractivity contribution in [3.63, 3.8) is 0 Å². The maximum atomic E-state index is 12.0. The second-order valence-corrected chi connectivity index (χ2v) is 5.57. The van der Waals surface area contributed by atoms with Gasteiger partial charge in [0.2, 0.25) is 0 Å². The van der Waals surface area contributed by atoms with E-state index in [9.17, 15) is 4.79 Å². The van der Waals surface area contributed by atoms with Crippen LogP contribution in [0.3, 0.4) is 0 Å². The number of aromatic nitrogens is 3. The standard InChI is InChI=1S/C10H4Br2Cl2N4O/c11-5-3-15-9(7(12)16-5)18-10(19)4-1-2-6(13)17-8(4)14/h1-3H,(H,15,18,19). The summed E-state index contributed by atoms with van der Waals surface area (Å²) in [6, 6.07) is 2.96. The Morgan fingerprint density at radius 3 is 2.58 bits per heavy atom. The van der Waals surface area contributed by atoms with Crippen molar-refractivity contribution in [3.8, 4) is 0 Å². The van der Waals surface area contributed by atoms with Crippen LogP contribution in [0.1, 0.15) is 10.4 Å². The molecule has 2 aromatic heterocycles. The third-order valence-electron chi connectivity index (χ3n) is 1.99. The Balaban J connectivity index is 2.25. The summed E-state index contributed by atoms with van der Waals surface area (Å²) in [4.78, 5) is 23.8. The Hall–Kier alpha value is -0.760. The second kappa shape index (κ2) is 6.13. The highest BCUT2D eigenvalue weighted by molar-refractivity contribution is 9.11. The number of amides is 1. The highest BCUT2D eigenvalue weighted by Crippen LogP contribution is 2.22. The van der Waals surface area contributed by atoms with E-state index in [-0.39, 0.29) is 21.7 Å². The summed E-state index contributed by atoms with van der Waals surface area (Å²) in [7, 11) is 0. The molecule has 0 aromatic carbocycles. The maximum Gasteiger partial charge on any atom is 0.260 e. The summed E-state index contributed by atoms with van der Waals surface area (Å²) in [5.41, 5.74) is 0.197. The van der Waals surface area contributed by atoms with Crippen LogP contribution in [0.2, 0.25) is 10.3 Å². The molecule has 0 aliphatic heterocycles. The Bertz CT molecular complexity index is 653. The van der Waals surface area contributed by atoms with Crippen LogP contribution in [-0.2, 0) is 0 Å². The van der Waals surface area contributed by atoms with Gasteiger partial charge in [-0.2, -0.15) is 0 Å². The normalized spacial score (nSPS) is 10.3. The van der Waals surface area contributed by atoms with Crippen LogP contribution in [0.5, 0.6) is 0 Å². The van der Waals surface area contributed by atoms with Crippen molar-refractivity contribution in [3.05, 3.63) is 43.4 Å². The minimum Gasteiger partial charge on any atom is -0.304 e. The molecule has 0 atom stereocenters. The summed E-state index contributed by atoms with van der Waals surface area (Å²) in [6.45, 7) is 0. The molecular weight excluding hydrogens is 423 g/mol. The molecule has 0 fully saturated rings. The largest absolute Gasteiger partial charge is 0.304 e. The monoisotopic (exact) mass is 424 g/mol. The first kappa shape index (κ1) is 14.6. The Morgan fingerprint density at radius 2 is 1.95 bits per heavy atom. The molecule has 1 N–H and O–H groups in total. The fourth-order valence-corrected chi connectivity index (χ4v) is 2.53. The van der Waals surface area contributed by atoms with Gasteiger partial charge >= 0.3 is 0 Å². The predicted molar refractivity (Wildman–Crippen MR) is 79.6 cm³/mol. The van der Waals surface area contributed by atoms with Crippen LogP contribution >= 0.6 is 55.1 Å². The van der Waals surface area contributed by atoms with Gasteiger partial charge in [-0.1, -0.05) is 23.2 Å². The number of carbonyl (C=O) groups is 1. The van der Waals surface area contributed by atoms with Gasteiger partial charge in [0.25, 0.3) is 5.91 Å². The molecule has 0 unspecified atom stereocenters. The van der Waals surface area contributed by atoms with Crippen molar-refractivity contribution in [2.45, 2.75) is 0 Å². The lowest BCUT2D eigenvalue weighted by Crippen LogP contribution is -2.14. The maximum absolute atomic E-state index is 12.0. The molecule has 9 heteroatoms. The lowest BCUT2D eigenvalue weighted by Gasteiger charge is -2.07. The molecule has 1 amide bonds. The van der Waals surface area contributed by atoms with Crippen LogP contribution in [0, 0.1) is 0 Å². The van der Waals surface area contributed by atoms with Crippen molar-refractivity contribution in [2.75, 3.05) is 5.32 Å². The van der Waals surface area contributed by atoms with E-state index >= 15 is 0 Å². The molecule has 2 aromatic rings. The molecule has 5 nitrogen and oxygen atoms in total. The van der Waals surface area contributed by atoms with Crippen molar-refractivity contribution >= 4 is 66.8 Å². The van der Waals surface area contributed by atoms with E-state index < -0.39 is 5.91 Å². The summed E-state index contributed by atoms with van der Waals surface area (Å²) in [6.07, 6.45) is 1.46. The third kappa shape index (κ3) is 3.62. The van der Waals surface area contributed by atoms with Crippen molar-refractivity contribution in [1.29, 1.82) is 0 Å². The van der Waals surface area contributed by atoms with E-state index in [4.69, 9.17) is 23.2 Å². The minimum absolute atomic E-state index is 0.0196. The van der Waals surface area contributed by atoms with E-state index in [0.29, 0.717) is 9.21 Å². The van der Waals surface area contributed by atoms with E-state index in [1.165, 1.54) is 18.3 Å². The molecule has 2 heterocycles. The van der Waals surface area contributed by atoms with Gasteiger partial charge in [-0.25, -0.2) is 15.0 Å². The van der Waals surface area contributed by atoms with Gasteiger partial charge in [-0.3, -0.25) is 4.79 Å². The lowest BCUT2D eigenvalue weighted by atomic mass is 10.2. The number of carbonyl (C=O) groups excluding carboxylic acids is 1. The molecule has 98 valence electrons. The zero-order valence-electron chi connectivity index (χ0n) is 8.99. The minimum atomic E-state index is -0.452. The van der Waals surface area contributed by atoms with Crippen molar-refractivity contribution < 1.29 is 4.79 Å². The fraction of sp³-hybridized carbons (Fsp3) is 0. The molecule has 0 aliphatic rings. The van der Waals surface area contributed by atoms with Crippen molar-refractivity contribution in [1.82, 2.24) is 15.0 Å². The first-order valence-electron chi connectivity index (χ1n) is 4.79. The first-order valence-corrected chi connectivity index (χ1v) is 7.13. The Morgan fingerprint density at radius 1 is 1.21 bits per heavy atom. The topological polar surface area (TPSA) is 67.8 Å². The van der Waals surface area contributed by atoms with Gasteiger partial charge in [-0.15, -0.1) is 0 Å². The molecule has 2 rings (SSSR count). The predicted octanol–water partition coefficient (Wildman–Crippen LogP) is 3.96. The number of rotatable bonds is 2. The summed E-state index contributed by atoms with van der Waals surface area (Å²) >= 11 is 17.9. The number of nitrogens with one attached hydrogen (secondary N) is 1. The number of halogens is 4. The molecule has 0 spiro atoms. The van der Waals surface area contributed by atoms with Crippen LogP contribution in [0.15, 0.2) is 27.5 Å². The first-order chi connectivity index (χ1) is 8.97. The molecule has 0 radical (unpaired) electrons. The Kier molecular flexibility index (Phi) is 4.72. The zero-order chi connectivity index (χ0) is 14.0. The molecule has 19 heavy (non-hydrogen) atoms. The fourth-order valence-electron chi connectivity index (χ4n) is 1.19. The lowest BCUT2D eigenvalue weighted by molar-refractivity contribution is 0.102. The quantitative estimate of drug-likeness (QED) is 0.738. The van der Waals surface area contributed by atoms with Crippen molar-refractivity contribution in [2.24, 2.45) is 0 Å². The zero-order valence-corrected chi connectivity index (χ0v) is 13.7. The molecular formula is C10H4Br2Cl2N4O. The smallest absolute Gasteiger partial charge is 0.260 e. The number of anilines is 1. The highest BCUT2D eigenvalue weighted by Gasteiger charge is 2.14. The SMILES string of the molecule is O=C(Nc1ncc(Br)nc1Br)c1ccc(Cl)nc1Cl. The highest BCUT2D eigenvalue weighted by atomic mass is 79.9. The number of nitrogens with zero attached hydrogens (tertiary/aromatic N) is 3. The summed E-state index contributed by atoms with van der Waals surface area (Å²) in [5.74, 6) is -0.175. The van der Waals surface area contributed by atoms with E-state index in [1.54, 1.807) is 0 Å². The average Bonchev–Trinajstić information content (AvgIpc) is 2.32. The van der Waals surface area contributed by atoms with Gasteiger partial charge in [0.15, 0.2) is 5.82 Å². The molecule has 0 aliphatic carbocycles. The van der Waals surface area contributed by atoms with E-state index in [1.807, 2.05) is 0 Å². The number of pyridine rings is 1. The number of hydrogen-bond acceptors (Lipinski definition) is 4. The van der Waals surface area contributed by atoms with Crippen LogP contribution < -0.4 is 5.32 Å². The van der Waals surface area contributed by atoms with Crippen LogP contribution in [0.25, 0.3) is 0 Å². The molecule has 0 saturated carbocycles. The van der Waals surface area contributed by atoms with Gasteiger partial charge in [0.05, 0.1) is 11.8 Å². The summed E-state index contributed by atoms with van der Waals surface area (Å²) in [5, 5.41) is 2.80. The number of hydrogen-bond donors (Lipinski definition) is 1.